The van der Waals surface area contributed by atoms with Crippen molar-refractivity contribution in [3.05, 3.63) is 23.8 Å². The molecule has 0 atom stereocenters. The van der Waals surface area contributed by atoms with Crippen LogP contribution in [0.5, 0.6) is 5.75 Å². The predicted octanol–water partition coefficient (Wildman–Crippen LogP) is -0.105. The summed E-state index contributed by atoms with van der Waals surface area (Å²) in [6.45, 7) is 0. The topological polar surface area (TPSA) is 97.5 Å². The molecule has 0 aromatic heterocycles. The van der Waals surface area contributed by atoms with Crippen molar-refractivity contribution in [2.24, 2.45) is 5.73 Å². The smallest absolute Gasteiger partial charge is 0.252 e. The number of nitrogens with two attached hydrogens (primary N) is 1. The van der Waals surface area contributed by atoms with Gasteiger partial charge < -0.3 is 10.8 Å². The molecule has 0 aliphatic heterocycles. The van der Waals surface area contributed by atoms with Crippen LogP contribution in [0.4, 0.5) is 0 Å². The number of benzene rings is 1. The number of sulfone groups is 1. The average Bonchev–Trinajstić information content (AvgIpc) is 2.02. The fourth-order valence-corrected chi connectivity index (χ4v) is 1.59. The van der Waals surface area contributed by atoms with Crippen molar-refractivity contribution < 1.29 is 18.3 Å². The van der Waals surface area contributed by atoms with Crippen LogP contribution < -0.4 is 5.73 Å². The highest BCUT2D eigenvalue weighted by atomic mass is 32.2. The van der Waals surface area contributed by atoms with E-state index in [-0.39, 0.29) is 16.2 Å². The first-order valence-corrected chi connectivity index (χ1v) is 5.54. The molecule has 1 aromatic carbocycles. The quantitative estimate of drug-likeness (QED) is 0.719. The van der Waals surface area contributed by atoms with Gasteiger partial charge in [0.25, 0.3) is 5.91 Å². The SMILES string of the molecule is CS(=O)(=O)c1ccc(O)c(C(N)=O)c1. The number of aromatic hydroxyl groups is 1. The van der Waals surface area contributed by atoms with E-state index in [4.69, 9.17) is 5.73 Å². The van der Waals surface area contributed by atoms with Gasteiger partial charge in [-0.05, 0) is 18.2 Å². The van der Waals surface area contributed by atoms with E-state index in [9.17, 15) is 18.3 Å². The molecule has 0 heterocycles. The number of carbonyl (C=O) groups is 1. The van der Waals surface area contributed by atoms with E-state index in [0.29, 0.717) is 0 Å². The van der Waals surface area contributed by atoms with Crippen LogP contribution in [0.2, 0.25) is 0 Å². The van der Waals surface area contributed by atoms with Crippen molar-refractivity contribution >= 4 is 15.7 Å². The third-order valence-corrected chi connectivity index (χ3v) is 2.77. The third-order valence-electron chi connectivity index (χ3n) is 1.66. The maximum atomic E-state index is 11.1. The summed E-state index contributed by atoms with van der Waals surface area (Å²) in [5.74, 6) is -1.20. The third kappa shape index (κ3) is 2.02. The van der Waals surface area contributed by atoms with Crippen molar-refractivity contribution in [2.45, 2.75) is 4.90 Å². The van der Waals surface area contributed by atoms with E-state index in [2.05, 4.69) is 0 Å². The number of carbonyl (C=O) groups excluding carboxylic acids is 1. The summed E-state index contributed by atoms with van der Waals surface area (Å²) in [4.78, 5) is 10.7. The number of hydrogen-bond donors (Lipinski definition) is 2. The summed E-state index contributed by atoms with van der Waals surface area (Å²) >= 11 is 0. The monoisotopic (exact) mass is 215 g/mol. The number of amides is 1. The Hall–Kier alpha value is -1.56. The van der Waals surface area contributed by atoms with Crippen molar-refractivity contribution in [1.82, 2.24) is 0 Å². The van der Waals surface area contributed by atoms with Crippen molar-refractivity contribution in [3.63, 3.8) is 0 Å². The Kier molecular flexibility index (Phi) is 2.48. The van der Waals surface area contributed by atoms with Crippen molar-refractivity contribution in [3.8, 4) is 5.75 Å². The Morgan fingerprint density at radius 2 is 2.00 bits per heavy atom. The summed E-state index contributed by atoms with van der Waals surface area (Å²) in [6.07, 6.45) is 1.00. The zero-order chi connectivity index (χ0) is 10.9. The van der Waals surface area contributed by atoms with Gasteiger partial charge in [-0.2, -0.15) is 0 Å². The Morgan fingerprint density at radius 1 is 1.43 bits per heavy atom. The second-order valence-corrected chi connectivity index (χ2v) is 4.83. The van der Waals surface area contributed by atoms with Gasteiger partial charge in [-0.25, -0.2) is 8.42 Å². The normalized spacial score (nSPS) is 11.2. The Balaban J connectivity index is 3.42. The molecule has 6 heteroatoms. The lowest BCUT2D eigenvalue weighted by Gasteiger charge is -2.02. The lowest BCUT2D eigenvalue weighted by Crippen LogP contribution is -2.12. The molecule has 3 N–H and O–H groups in total. The van der Waals surface area contributed by atoms with Gasteiger partial charge in [-0.15, -0.1) is 0 Å². The summed E-state index contributed by atoms with van der Waals surface area (Å²) in [5, 5.41) is 9.18. The van der Waals surface area contributed by atoms with E-state index in [1.54, 1.807) is 0 Å². The van der Waals surface area contributed by atoms with Gasteiger partial charge in [-0.3, -0.25) is 4.79 Å². The molecular formula is C8H9NO4S. The van der Waals surface area contributed by atoms with E-state index >= 15 is 0 Å². The Bertz CT molecular complexity index is 478. The zero-order valence-corrected chi connectivity index (χ0v) is 8.21. The van der Waals surface area contributed by atoms with Crippen molar-refractivity contribution in [2.75, 3.05) is 6.26 Å². The summed E-state index contributed by atoms with van der Waals surface area (Å²) < 4.78 is 22.2. The van der Waals surface area contributed by atoms with Crippen molar-refractivity contribution in [1.29, 1.82) is 0 Å². The molecule has 1 aromatic rings. The zero-order valence-electron chi connectivity index (χ0n) is 7.39. The molecule has 0 radical (unpaired) electrons. The standard InChI is InChI=1S/C8H9NO4S/c1-14(12,13)5-2-3-7(10)6(4-5)8(9)11/h2-4,10H,1H3,(H2,9,11). The first-order chi connectivity index (χ1) is 6.32. The fourth-order valence-electron chi connectivity index (χ4n) is 0.943. The minimum absolute atomic E-state index is 0.0518. The molecule has 0 aliphatic rings. The molecule has 76 valence electrons. The minimum Gasteiger partial charge on any atom is -0.507 e. The molecule has 1 rings (SSSR count). The van der Waals surface area contributed by atoms with Gasteiger partial charge in [0.15, 0.2) is 9.84 Å². The second kappa shape index (κ2) is 3.30. The molecular weight excluding hydrogens is 206 g/mol. The fraction of sp³-hybridized carbons (Fsp3) is 0.125. The maximum Gasteiger partial charge on any atom is 0.252 e. The van der Waals surface area contributed by atoms with Crippen LogP contribution in [0.15, 0.2) is 23.1 Å². The van der Waals surface area contributed by atoms with Gasteiger partial charge >= 0.3 is 0 Å². The van der Waals surface area contributed by atoms with Crippen LogP contribution in [0.25, 0.3) is 0 Å². The number of rotatable bonds is 2. The summed E-state index contributed by atoms with van der Waals surface area (Å²) in [6, 6.07) is 3.38. The Labute approximate surface area is 81.1 Å². The van der Waals surface area contributed by atoms with E-state index in [0.717, 1.165) is 18.4 Å². The summed E-state index contributed by atoms with van der Waals surface area (Å²) in [5.41, 5.74) is 4.73. The molecule has 5 nitrogen and oxygen atoms in total. The van der Waals surface area contributed by atoms with Crippen LogP contribution in [0, 0.1) is 0 Å². The molecule has 0 fully saturated rings. The molecule has 14 heavy (non-hydrogen) atoms. The van der Waals surface area contributed by atoms with Crippen LogP contribution >= 0.6 is 0 Å². The lowest BCUT2D eigenvalue weighted by atomic mass is 10.2. The highest BCUT2D eigenvalue weighted by molar-refractivity contribution is 7.90. The highest BCUT2D eigenvalue weighted by Crippen LogP contribution is 2.20. The molecule has 0 unspecified atom stereocenters. The van der Waals surface area contributed by atoms with Crippen LogP contribution in [-0.2, 0) is 9.84 Å². The van der Waals surface area contributed by atoms with Crippen LogP contribution in [0.1, 0.15) is 10.4 Å². The summed E-state index contributed by atoms with van der Waals surface area (Å²) in [7, 11) is -3.39. The number of hydrogen-bond acceptors (Lipinski definition) is 4. The van der Waals surface area contributed by atoms with E-state index in [1.165, 1.54) is 6.07 Å². The average molecular weight is 215 g/mol. The van der Waals surface area contributed by atoms with Gasteiger partial charge in [0.1, 0.15) is 5.75 Å². The molecule has 0 bridgehead atoms. The lowest BCUT2D eigenvalue weighted by molar-refractivity contribution is 0.0997. The second-order valence-electron chi connectivity index (χ2n) is 2.82. The number of phenols is 1. The van der Waals surface area contributed by atoms with Gasteiger partial charge in [0.05, 0.1) is 10.5 Å². The maximum absolute atomic E-state index is 11.1. The van der Waals surface area contributed by atoms with Crippen LogP contribution in [0.3, 0.4) is 0 Å². The molecule has 0 aliphatic carbocycles. The van der Waals surface area contributed by atoms with Gasteiger partial charge in [0, 0.05) is 6.26 Å². The molecule has 1 amide bonds. The first kappa shape index (κ1) is 10.5. The molecule has 0 saturated heterocycles. The molecule has 0 saturated carbocycles. The van der Waals surface area contributed by atoms with Gasteiger partial charge in [-0.1, -0.05) is 0 Å². The van der Waals surface area contributed by atoms with E-state index in [1.807, 2.05) is 0 Å². The van der Waals surface area contributed by atoms with Gasteiger partial charge in [0.2, 0.25) is 0 Å². The predicted molar refractivity (Wildman–Crippen MR) is 49.7 cm³/mol. The minimum atomic E-state index is -3.39. The highest BCUT2D eigenvalue weighted by Gasteiger charge is 2.13. The van der Waals surface area contributed by atoms with E-state index < -0.39 is 15.7 Å². The number of primary amides is 1. The van der Waals surface area contributed by atoms with Crippen LogP contribution in [-0.4, -0.2) is 25.7 Å². The molecule has 0 spiro atoms. The first-order valence-electron chi connectivity index (χ1n) is 3.65. The largest absolute Gasteiger partial charge is 0.507 e. The Morgan fingerprint density at radius 3 is 2.43 bits per heavy atom.